The van der Waals surface area contributed by atoms with Crippen molar-refractivity contribution in [2.45, 2.75) is 38.8 Å². The zero-order valence-corrected chi connectivity index (χ0v) is 12.7. The zero-order valence-electron chi connectivity index (χ0n) is 11.9. The first kappa shape index (κ1) is 17.2. The van der Waals surface area contributed by atoms with Crippen molar-refractivity contribution in [2.24, 2.45) is 0 Å². The smallest absolute Gasteiger partial charge is 0.408 e. The van der Waals surface area contributed by atoms with Crippen LogP contribution in [0.2, 0.25) is 5.02 Å². The molecule has 2 N–H and O–H groups in total. The van der Waals surface area contributed by atoms with Gasteiger partial charge in [0.2, 0.25) is 0 Å². The summed E-state index contributed by atoms with van der Waals surface area (Å²) >= 11 is 5.74. The molecule has 0 radical (unpaired) electrons. The first-order chi connectivity index (χ1) is 9.56. The minimum atomic E-state index is -1.14. The fourth-order valence-electron chi connectivity index (χ4n) is 1.65. The Morgan fingerprint density at radius 2 is 2.00 bits per heavy atom. The van der Waals surface area contributed by atoms with Crippen molar-refractivity contribution in [3.05, 3.63) is 34.6 Å². The number of alkyl carbamates (subject to hydrolysis) is 1. The quantitative estimate of drug-likeness (QED) is 0.891. The second kappa shape index (κ2) is 6.76. The Labute approximate surface area is 127 Å². The summed E-state index contributed by atoms with van der Waals surface area (Å²) in [6.45, 7) is 5.04. The van der Waals surface area contributed by atoms with Crippen molar-refractivity contribution < 1.29 is 23.8 Å². The van der Waals surface area contributed by atoms with E-state index in [1.165, 1.54) is 6.07 Å². The average molecular weight is 318 g/mol. The van der Waals surface area contributed by atoms with Gasteiger partial charge in [-0.25, -0.2) is 9.18 Å². The molecule has 0 aliphatic carbocycles. The number of carbonyl (C=O) groups excluding carboxylic acids is 1. The number of nitrogens with one attached hydrogen (secondary N) is 1. The van der Waals surface area contributed by atoms with Crippen molar-refractivity contribution in [1.82, 2.24) is 5.32 Å². The number of hydrogen-bond acceptors (Lipinski definition) is 3. The van der Waals surface area contributed by atoms with E-state index in [-0.39, 0.29) is 10.6 Å². The molecule has 1 atom stereocenters. The van der Waals surface area contributed by atoms with Crippen LogP contribution < -0.4 is 5.32 Å². The Morgan fingerprint density at radius 1 is 1.38 bits per heavy atom. The third kappa shape index (κ3) is 6.44. The van der Waals surface area contributed by atoms with Crippen LogP contribution in [0, 0.1) is 5.82 Å². The van der Waals surface area contributed by atoms with E-state index in [1.54, 1.807) is 20.8 Å². The monoisotopic (exact) mass is 317 g/mol. The Bertz CT molecular complexity index is 522. The van der Waals surface area contributed by atoms with E-state index >= 15 is 0 Å². The number of carbonyl (C=O) groups is 2. The SMILES string of the molecule is CC(C)(C)OC(=O)NC(CC(=O)O)c1cc(F)cc(Cl)c1. The van der Waals surface area contributed by atoms with Crippen LogP contribution in [-0.4, -0.2) is 22.8 Å². The van der Waals surface area contributed by atoms with Crippen LogP contribution in [0.15, 0.2) is 18.2 Å². The Morgan fingerprint density at radius 3 is 2.48 bits per heavy atom. The molecule has 0 saturated carbocycles. The first-order valence-electron chi connectivity index (χ1n) is 6.24. The molecule has 0 spiro atoms. The maximum atomic E-state index is 13.4. The molecule has 1 aromatic carbocycles. The van der Waals surface area contributed by atoms with Gasteiger partial charge in [0, 0.05) is 5.02 Å². The highest BCUT2D eigenvalue weighted by Crippen LogP contribution is 2.23. The molecule has 0 saturated heterocycles. The van der Waals surface area contributed by atoms with Crippen LogP contribution >= 0.6 is 11.6 Å². The molecule has 1 rings (SSSR count). The lowest BCUT2D eigenvalue weighted by Gasteiger charge is -2.23. The number of carboxylic acids is 1. The van der Waals surface area contributed by atoms with Crippen molar-refractivity contribution in [3.8, 4) is 0 Å². The first-order valence-corrected chi connectivity index (χ1v) is 6.62. The van der Waals surface area contributed by atoms with E-state index in [0.717, 1.165) is 12.1 Å². The van der Waals surface area contributed by atoms with Gasteiger partial charge >= 0.3 is 12.1 Å². The highest BCUT2D eigenvalue weighted by Gasteiger charge is 2.23. The summed E-state index contributed by atoms with van der Waals surface area (Å²) in [4.78, 5) is 22.6. The van der Waals surface area contributed by atoms with E-state index in [9.17, 15) is 14.0 Å². The van der Waals surface area contributed by atoms with Crippen molar-refractivity contribution in [2.75, 3.05) is 0 Å². The Balaban J connectivity index is 2.95. The average Bonchev–Trinajstić information content (AvgIpc) is 2.23. The van der Waals surface area contributed by atoms with Crippen LogP contribution in [0.3, 0.4) is 0 Å². The number of hydrogen-bond donors (Lipinski definition) is 2. The molecule has 5 nitrogen and oxygen atoms in total. The van der Waals surface area contributed by atoms with E-state index in [1.807, 2.05) is 0 Å². The van der Waals surface area contributed by atoms with Gasteiger partial charge in [-0.3, -0.25) is 4.79 Å². The second-order valence-corrected chi connectivity index (χ2v) is 5.94. The summed E-state index contributed by atoms with van der Waals surface area (Å²) in [6.07, 6.45) is -1.20. The molecule has 0 aliphatic heterocycles. The van der Waals surface area contributed by atoms with Gasteiger partial charge in [0.05, 0.1) is 12.5 Å². The lowest BCUT2D eigenvalue weighted by atomic mass is 10.0. The molecular formula is C14H17ClFNO4. The fourth-order valence-corrected chi connectivity index (χ4v) is 1.88. The van der Waals surface area contributed by atoms with Crippen LogP contribution in [0.5, 0.6) is 0 Å². The number of carboxylic acid groups (broad SMARTS) is 1. The normalized spacial score (nSPS) is 12.6. The van der Waals surface area contributed by atoms with Gasteiger partial charge in [-0.05, 0) is 44.5 Å². The number of ether oxygens (including phenoxy) is 1. The molecule has 1 amide bonds. The van der Waals surface area contributed by atoms with Gasteiger partial charge in [0.15, 0.2) is 0 Å². The number of aliphatic carboxylic acids is 1. The molecule has 0 fully saturated rings. The topological polar surface area (TPSA) is 75.6 Å². The molecule has 21 heavy (non-hydrogen) atoms. The highest BCUT2D eigenvalue weighted by molar-refractivity contribution is 6.30. The molecular weight excluding hydrogens is 301 g/mol. The maximum Gasteiger partial charge on any atom is 0.408 e. The maximum absolute atomic E-state index is 13.4. The minimum Gasteiger partial charge on any atom is -0.481 e. The molecule has 1 unspecified atom stereocenters. The summed E-state index contributed by atoms with van der Waals surface area (Å²) < 4.78 is 18.4. The largest absolute Gasteiger partial charge is 0.481 e. The lowest BCUT2D eigenvalue weighted by molar-refractivity contribution is -0.137. The van der Waals surface area contributed by atoms with Gasteiger partial charge in [-0.1, -0.05) is 11.6 Å². The van der Waals surface area contributed by atoms with Gasteiger partial charge in [0.1, 0.15) is 11.4 Å². The van der Waals surface area contributed by atoms with Crippen molar-refractivity contribution in [1.29, 1.82) is 0 Å². The number of rotatable bonds is 4. The van der Waals surface area contributed by atoms with Crippen molar-refractivity contribution in [3.63, 3.8) is 0 Å². The van der Waals surface area contributed by atoms with E-state index < -0.39 is 35.9 Å². The highest BCUT2D eigenvalue weighted by atomic mass is 35.5. The zero-order chi connectivity index (χ0) is 16.2. The summed E-state index contributed by atoms with van der Waals surface area (Å²) in [7, 11) is 0. The molecule has 116 valence electrons. The van der Waals surface area contributed by atoms with Gasteiger partial charge < -0.3 is 15.2 Å². The summed E-state index contributed by atoms with van der Waals surface area (Å²) in [5.74, 6) is -1.75. The predicted molar refractivity (Wildman–Crippen MR) is 75.8 cm³/mol. The molecule has 7 heteroatoms. The summed E-state index contributed by atoms with van der Waals surface area (Å²) in [6, 6.07) is 2.67. The molecule has 1 aromatic rings. The van der Waals surface area contributed by atoms with Gasteiger partial charge in [-0.2, -0.15) is 0 Å². The van der Waals surface area contributed by atoms with Crippen LogP contribution in [0.25, 0.3) is 0 Å². The fraction of sp³-hybridized carbons (Fsp3) is 0.429. The Kier molecular flexibility index (Phi) is 5.54. The number of halogens is 2. The van der Waals surface area contributed by atoms with Crippen LogP contribution in [0.4, 0.5) is 9.18 Å². The molecule has 0 bridgehead atoms. The van der Waals surface area contributed by atoms with E-state index in [2.05, 4.69) is 5.32 Å². The third-order valence-electron chi connectivity index (χ3n) is 2.36. The van der Waals surface area contributed by atoms with Crippen LogP contribution in [0.1, 0.15) is 38.8 Å². The third-order valence-corrected chi connectivity index (χ3v) is 2.58. The minimum absolute atomic E-state index is 0.117. The summed E-state index contributed by atoms with van der Waals surface area (Å²) in [5.41, 5.74) is -0.467. The predicted octanol–water partition coefficient (Wildman–Crippen LogP) is 3.52. The van der Waals surface area contributed by atoms with Crippen molar-refractivity contribution >= 4 is 23.7 Å². The second-order valence-electron chi connectivity index (χ2n) is 5.50. The Hall–Kier alpha value is -1.82. The van der Waals surface area contributed by atoms with E-state index in [0.29, 0.717) is 0 Å². The summed E-state index contributed by atoms with van der Waals surface area (Å²) in [5, 5.41) is 11.4. The molecule has 0 aliphatic rings. The molecule has 0 aromatic heterocycles. The van der Waals surface area contributed by atoms with Gasteiger partial charge in [-0.15, -0.1) is 0 Å². The molecule has 0 heterocycles. The van der Waals surface area contributed by atoms with Crippen LogP contribution in [-0.2, 0) is 9.53 Å². The van der Waals surface area contributed by atoms with E-state index in [4.69, 9.17) is 21.4 Å². The lowest BCUT2D eigenvalue weighted by Crippen LogP contribution is -2.35. The van der Waals surface area contributed by atoms with Gasteiger partial charge in [0.25, 0.3) is 0 Å². The standard InChI is InChI=1S/C14H17ClFNO4/c1-14(2,3)21-13(20)17-11(7-12(18)19)8-4-9(15)6-10(16)5-8/h4-6,11H,7H2,1-3H3,(H,17,20)(H,18,19). The number of amides is 1. The number of benzene rings is 1.